The summed E-state index contributed by atoms with van der Waals surface area (Å²) in [6.07, 6.45) is -21.3. The van der Waals surface area contributed by atoms with Crippen LogP contribution in [0.5, 0.6) is 0 Å². The predicted octanol–water partition coefficient (Wildman–Crippen LogP) is 11.3. The molecule has 6 nitrogen and oxygen atoms in total. The van der Waals surface area contributed by atoms with Crippen molar-refractivity contribution in [1.82, 2.24) is 0 Å². The molecule has 0 bridgehead atoms. The highest BCUT2D eigenvalue weighted by Gasteiger charge is 2.40. The highest BCUT2D eigenvalue weighted by atomic mass is 19.4. The molecule has 18 heteroatoms. The van der Waals surface area contributed by atoms with Crippen LogP contribution in [0, 0.1) is 45.3 Å². The lowest BCUT2D eigenvalue weighted by atomic mass is 9.87. The SMILES string of the molecule is N#CC(C#N)=c1cc2c(cc(-c3ccc(C(F)(F)F)cc3C(F)(F)F)c3ccc4c(cc(-c5ccc(C(F)(F)F)cc5C(F)(F)F)c5cc(=C(C#N)C#N)oc54)c32)o1. The van der Waals surface area contributed by atoms with Gasteiger partial charge in [-0.05, 0) is 87.6 Å². The number of hydrogen-bond donors (Lipinski definition) is 0. The van der Waals surface area contributed by atoms with E-state index in [1.807, 2.05) is 0 Å². The van der Waals surface area contributed by atoms with Gasteiger partial charge in [-0.1, -0.05) is 18.2 Å². The maximum Gasteiger partial charge on any atom is 0.417 e. The van der Waals surface area contributed by atoms with Crippen molar-refractivity contribution in [1.29, 1.82) is 21.0 Å². The minimum Gasteiger partial charge on any atom is -0.454 e. The van der Waals surface area contributed by atoms with E-state index in [9.17, 15) is 73.7 Å². The van der Waals surface area contributed by atoms with Crippen LogP contribution in [0.3, 0.4) is 0 Å². The molecule has 0 spiro atoms. The summed E-state index contributed by atoms with van der Waals surface area (Å²) in [4.78, 5) is 0. The Labute approximate surface area is 314 Å². The van der Waals surface area contributed by atoms with Crippen molar-refractivity contribution in [2.45, 2.75) is 24.7 Å². The van der Waals surface area contributed by atoms with Crippen LogP contribution in [0.1, 0.15) is 22.3 Å². The minimum absolute atomic E-state index is 0.0392. The topological polar surface area (TPSA) is 121 Å². The van der Waals surface area contributed by atoms with Crippen LogP contribution in [0.4, 0.5) is 52.7 Å². The molecule has 288 valence electrons. The van der Waals surface area contributed by atoms with Crippen molar-refractivity contribution in [2.75, 3.05) is 0 Å². The van der Waals surface area contributed by atoms with E-state index in [4.69, 9.17) is 8.83 Å². The molecule has 0 aliphatic carbocycles. The highest BCUT2D eigenvalue weighted by Crippen LogP contribution is 2.49. The lowest BCUT2D eigenvalue weighted by Gasteiger charge is -2.19. The van der Waals surface area contributed by atoms with Crippen LogP contribution < -0.4 is 10.8 Å². The number of fused-ring (bicyclic) bond motifs is 7. The molecule has 0 aliphatic heterocycles. The Hall–Kier alpha value is -7.44. The third-order valence-corrected chi connectivity index (χ3v) is 9.22. The first-order valence-electron chi connectivity index (χ1n) is 15.9. The Morgan fingerprint density at radius 1 is 0.414 bits per heavy atom. The van der Waals surface area contributed by atoms with E-state index < -0.39 is 91.2 Å². The van der Waals surface area contributed by atoms with Gasteiger partial charge in [0.2, 0.25) is 0 Å². The van der Waals surface area contributed by atoms with Crippen LogP contribution in [0.25, 0.3) is 76.9 Å². The van der Waals surface area contributed by atoms with Gasteiger partial charge in [0.05, 0.1) is 22.3 Å². The first-order chi connectivity index (χ1) is 27.1. The van der Waals surface area contributed by atoms with E-state index in [1.54, 1.807) is 24.3 Å². The van der Waals surface area contributed by atoms with Gasteiger partial charge in [-0.2, -0.15) is 73.7 Å². The van der Waals surface area contributed by atoms with Crippen molar-refractivity contribution in [3.63, 3.8) is 0 Å². The molecule has 0 saturated carbocycles. The Morgan fingerprint density at radius 3 is 1.33 bits per heavy atom. The maximum atomic E-state index is 14.6. The molecule has 58 heavy (non-hydrogen) atoms. The normalized spacial score (nSPS) is 12.4. The van der Waals surface area contributed by atoms with Crippen LogP contribution >= 0.6 is 0 Å². The molecule has 0 fully saturated rings. The zero-order valence-corrected chi connectivity index (χ0v) is 28.1. The summed E-state index contributed by atoms with van der Waals surface area (Å²) < 4.78 is 181. The minimum atomic E-state index is -5.43. The number of halogens is 12. The van der Waals surface area contributed by atoms with E-state index >= 15 is 0 Å². The zero-order valence-electron chi connectivity index (χ0n) is 28.1. The largest absolute Gasteiger partial charge is 0.454 e. The van der Waals surface area contributed by atoms with Gasteiger partial charge in [-0.25, -0.2) is 0 Å². The number of nitrogens with zero attached hydrogens (tertiary/aromatic N) is 4. The molecule has 0 radical (unpaired) electrons. The molecular weight excluding hydrogens is 796 g/mol. The second-order valence-electron chi connectivity index (χ2n) is 12.5. The van der Waals surface area contributed by atoms with Crippen molar-refractivity contribution in [3.05, 3.63) is 106 Å². The van der Waals surface area contributed by atoms with Crippen LogP contribution in [-0.2, 0) is 24.7 Å². The van der Waals surface area contributed by atoms with Gasteiger partial charge in [0.25, 0.3) is 0 Å². The predicted molar refractivity (Wildman–Crippen MR) is 180 cm³/mol. The summed E-state index contributed by atoms with van der Waals surface area (Å²) in [6.45, 7) is 0. The summed E-state index contributed by atoms with van der Waals surface area (Å²) in [5.41, 5.74) is -12.3. The Bertz CT molecular complexity index is 3200. The number of alkyl halides is 12. The maximum absolute atomic E-state index is 14.6. The first-order valence-corrected chi connectivity index (χ1v) is 15.9. The van der Waals surface area contributed by atoms with Gasteiger partial charge in [0.15, 0.2) is 22.0 Å². The van der Waals surface area contributed by atoms with Crippen LogP contribution in [-0.4, -0.2) is 0 Å². The monoisotopic (exact) mass is 808 g/mol. The summed E-state index contributed by atoms with van der Waals surface area (Å²) in [5, 5.41) is 37.3. The highest BCUT2D eigenvalue weighted by molar-refractivity contribution is 6.28. The number of hydrogen-bond acceptors (Lipinski definition) is 6. The quantitative estimate of drug-likeness (QED) is 0.127. The Kier molecular flexibility index (Phi) is 8.75. The van der Waals surface area contributed by atoms with Gasteiger partial charge in [-0.3, -0.25) is 0 Å². The van der Waals surface area contributed by atoms with Crippen molar-refractivity contribution >= 4 is 54.6 Å². The van der Waals surface area contributed by atoms with E-state index in [2.05, 4.69) is 0 Å². The molecule has 7 aromatic rings. The summed E-state index contributed by atoms with van der Waals surface area (Å²) in [7, 11) is 0. The standard InChI is InChI=1S/C40H12F12N4O2/c41-37(42,43)19-1-3-21(30(7-19)39(47,48)49)25-9-27-24(36-28(25)11-33(58-36)18(15-55)16-56)6-5-23-26(10-34-29(35(23)27)12-32(57-34)17(13-53)14-54)22-4-2-20(38(44,45)46)8-31(22)40(50,51)52/h1-12H. The van der Waals surface area contributed by atoms with Crippen molar-refractivity contribution < 1.29 is 61.5 Å². The van der Waals surface area contributed by atoms with Crippen molar-refractivity contribution in [3.8, 4) is 46.5 Å². The molecule has 0 aliphatic rings. The summed E-state index contributed by atoms with van der Waals surface area (Å²) in [6, 6.07) is 14.4. The molecule has 5 aromatic carbocycles. The number of furan rings is 2. The second-order valence-corrected chi connectivity index (χ2v) is 12.5. The average Bonchev–Trinajstić information content (AvgIpc) is 3.78. The van der Waals surface area contributed by atoms with E-state index in [0.29, 0.717) is 24.3 Å². The molecule has 0 N–H and O–H groups in total. The van der Waals surface area contributed by atoms with Crippen LogP contribution in [0.15, 0.2) is 81.6 Å². The number of benzene rings is 5. The first kappa shape index (κ1) is 38.8. The molecule has 2 heterocycles. The zero-order chi connectivity index (χ0) is 42.3. The van der Waals surface area contributed by atoms with E-state index in [1.165, 1.54) is 12.1 Å². The smallest absolute Gasteiger partial charge is 0.417 e. The molecule has 0 unspecified atom stereocenters. The third-order valence-electron chi connectivity index (χ3n) is 9.22. The molecule has 2 aromatic heterocycles. The van der Waals surface area contributed by atoms with Gasteiger partial charge in [0, 0.05) is 21.5 Å². The lowest BCUT2D eigenvalue weighted by molar-refractivity contribution is -0.144. The Morgan fingerprint density at radius 2 is 0.862 bits per heavy atom. The lowest BCUT2D eigenvalue weighted by Crippen LogP contribution is -2.12. The van der Waals surface area contributed by atoms with Gasteiger partial charge < -0.3 is 8.83 Å². The molecule has 0 amide bonds. The number of rotatable bonds is 2. The second kappa shape index (κ2) is 13.1. The fourth-order valence-electron chi connectivity index (χ4n) is 6.75. The molecule has 0 atom stereocenters. The average molecular weight is 809 g/mol. The van der Waals surface area contributed by atoms with Gasteiger partial charge >= 0.3 is 24.7 Å². The molecule has 7 rings (SSSR count). The molecular formula is C40H12F12N4O2. The molecule has 0 saturated heterocycles. The Balaban J connectivity index is 1.76. The van der Waals surface area contributed by atoms with E-state index in [-0.39, 0.29) is 55.6 Å². The third kappa shape index (κ3) is 6.35. The summed E-state index contributed by atoms with van der Waals surface area (Å²) in [5.74, 6) is 0. The van der Waals surface area contributed by atoms with Crippen LogP contribution in [0.2, 0.25) is 0 Å². The fourth-order valence-corrected chi connectivity index (χ4v) is 6.75. The van der Waals surface area contributed by atoms with Gasteiger partial charge in [-0.15, -0.1) is 0 Å². The van der Waals surface area contributed by atoms with Crippen molar-refractivity contribution in [2.24, 2.45) is 0 Å². The van der Waals surface area contributed by atoms with Gasteiger partial charge in [0.1, 0.15) is 35.4 Å². The van der Waals surface area contributed by atoms with E-state index in [0.717, 1.165) is 24.3 Å². The fraction of sp³-hybridized carbons (Fsp3) is 0.100. The number of nitriles is 4. The summed E-state index contributed by atoms with van der Waals surface area (Å²) >= 11 is 0.